The molecule has 2 aliphatic rings. The van der Waals surface area contributed by atoms with E-state index in [1.54, 1.807) is 13.8 Å². The zero-order valence-corrected chi connectivity index (χ0v) is 17.0. The first kappa shape index (κ1) is 23.0. The largest absolute Gasteiger partial charge is 0.507 e. The zero-order valence-electron chi connectivity index (χ0n) is 17.0. The van der Waals surface area contributed by atoms with Gasteiger partial charge in [0.2, 0.25) is 0 Å². The fourth-order valence-corrected chi connectivity index (χ4v) is 4.70. The van der Waals surface area contributed by atoms with Gasteiger partial charge in [-0.1, -0.05) is 13.8 Å². The van der Waals surface area contributed by atoms with Crippen molar-refractivity contribution < 1.29 is 60.7 Å². The van der Waals surface area contributed by atoms with Gasteiger partial charge in [-0.25, -0.2) is 0 Å². The third-order valence-corrected chi connectivity index (χ3v) is 6.59. The van der Waals surface area contributed by atoms with E-state index in [0.29, 0.717) is 6.92 Å². The summed E-state index contributed by atoms with van der Waals surface area (Å²) in [7, 11) is 0. The third-order valence-electron chi connectivity index (χ3n) is 6.59. The summed E-state index contributed by atoms with van der Waals surface area (Å²) in [5.41, 5.74) is -12.3. The molecule has 0 spiro atoms. The van der Waals surface area contributed by atoms with Crippen molar-refractivity contribution in [2.24, 2.45) is 5.41 Å². The second-order valence-electron chi connectivity index (χ2n) is 8.35. The predicted molar refractivity (Wildman–Crippen MR) is 104 cm³/mol. The number of aliphatic hydroxyl groups is 6. The van der Waals surface area contributed by atoms with E-state index in [2.05, 4.69) is 0 Å². The molecule has 32 heavy (non-hydrogen) atoms. The molecule has 3 rings (SSSR count). The third kappa shape index (κ3) is 2.08. The lowest BCUT2D eigenvalue weighted by Crippen LogP contribution is -2.75. The summed E-state index contributed by atoms with van der Waals surface area (Å²) < 4.78 is 0. The molecule has 0 saturated carbocycles. The van der Waals surface area contributed by atoms with Gasteiger partial charge in [0.15, 0.2) is 45.6 Å². The molecule has 1 aromatic carbocycles. The van der Waals surface area contributed by atoms with Gasteiger partial charge in [0.25, 0.3) is 0 Å². The molecule has 0 fully saturated rings. The number of aliphatic hydroxyl groups excluding tert-OH is 5. The van der Waals surface area contributed by atoms with Gasteiger partial charge >= 0.3 is 11.9 Å². The molecule has 0 bridgehead atoms. The van der Waals surface area contributed by atoms with Crippen LogP contribution in [0.5, 0.6) is 11.5 Å². The molecule has 0 heterocycles. The molecule has 1 aromatic rings. The number of carbonyl (C=O) groups is 2. The lowest BCUT2D eigenvalue weighted by molar-refractivity contribution is -0.212. The summed E-state index contributed by atoms with van der Waals surface area (Å²) >= 11 is 0. The number of benzene rings is 1. The number of aliphatic carboxylic acids is 2. The van der Waals surface area contributed by atoms with E-state index in [1.165, 1.54) is 0 Å². The van der Waals surface area contributed by atoms with Crippen LogP contribution >= 0.6 is 0 Å². The minimum absolute atomic E-state index is 0.0314. The van der Waals surface area contributed by atoms with Crippen molar-refractivity contribution in [3.05, 3.63) is 40.0 Å². The number of carboxylic acid groups (broad SMARTS) is 2. The second kappa shape index (κ2) is 6.43. The van der Waals surface area contributed by atoms with Gasteiger partial charge in [-0.2, -0.15) is 0 Å². The number of hydrogen-bond acceptors (Lipinski definition) is 10. The van der Waals surface area contributed by atoms with Crippen molar-refractivity contribution >= 4 is 17.7 Å². The quantitative estimate of drug-likeness (QED) is 0.286. The highest BCUT2D eigenvalue weighted by Gasteiger charge is 2.81. The molecular weight excluding hydrogens is 432 g/mol. The van der Waals surface area contributed by atoms with Crippen LogP contribution in [0.4, 0.5) is 0 Å². The van der Waals surface area contributed by atoms with Crippen molar-refractivity contribution in [2.45, 2.75) is 43.8 Å². The Morgan fingerprint density at radius 1 is 0.938 bits per heavy atom. The standard InChI is InChI=1S/C20H22O12/c1-5(2)6-4-7-8(11(23)9(6)21)19(17(30)31)14(26)12(24)13(25)18(3,16(28)29)20(19,32)15(27)10(7)22/h4-5,13,21-27,32H,1-3H3,(H,28,29)(H,30,31)/t13?,18?,19-,20?/m0/s1. The molecule has 0 aromatic heterocycles. The molecule has 174 valence electrons. The van der Waals surface area contributed by atoms with Gasteiger partial charge in [0, 0.05) is 16.7 Å². The lowest BCUT2D eigenvalue weighted by Gasteiger charge is -2.56. The smallest absolute Gasteiger partial charge is 0.325 e. The van der Waals surface area contributed by atoms with Crippen LogP contribution in [0.3, 0.4) is 0 Å². The first-order valence-electron chi connectivity index (χ1n) is 9.28. The highest BCUT2D eigenvalue weighted by molar-refractivity contribution is 5.98. The van der Waals surface area contributed by atoms with Crippen molar-refractivity contribution in [1.29, 1.82) is 0 Å². The summed E-state index contributed by atoms with van der Waals surface area (Å²) in [6.07, 6.45) is -2.67. The summed E-state index contributed by atoms with van der Waals surface area (Å²) in [6.45, 7) is 3.69. The molecule has 3 unspecified atom stereocenters. The molecular formula is C20H22O12. The van der Waals surface area contributed by atoms with Gasteiger partial charge < -0.3 is 51.1 Å². The number of carboxylic acids is 2. The molecule has 10 N–H and O–H groups in total. The highest BCUT2D eigenvalue weighted by atomic mass is 16.4. The highest BCUT2D eigenvalue weighted by Crippen LogP contribution is 2.65. The molecule has 4 atom stereocenters. The van der Waals surface area contributed by atoms with Crippen molar-refractivity contribution in [3.8, 4) is 11.5 Å². The normalized spacial score (nSPS) is 32.0. The first-order chi connectivity index (χ1) is 14.6. The van der Waals surface area contributed by atoms with E-state index >= 15 is 0 Å². The van der Waals surface area contributed by atoms with Crippen LogP contribution in [0.2, 0.25) is 0 Å². The average molecular weight is 454 g/mol. The Balaban J connectivity index is 2.75. The average Bonchev–Trinajstić information content (AvgIpc) is 2.71. The predicted octanol–water partition coefficient (Wildman–Crippen LogP) is 0.866. The van der Waals surface area contributed by atoms with Gasteiger partial charge in [0.05, 0.1) is 0 Å². The molecule has 0 saturated heterocycles. The molecule has 12 nitrogen and oxygen atoms in total. The number of phenolic OH excluding ortho intramolecular Hbond substituents is 2. The Kier molecular flexibility index (Phi) is 4.63. The van der Waals surface area contributed by atoms with Crippen LogP contribution in [0, 0.1) is 5.41 Å². The Hall–Kier alpha value is -3.64. The number of fused-ring (bicyclic) bond motifs is 3. The van der Waals surface area contributed by atoms with Crippen LogP contribution in [0.25, 0.3) is 5.76 Å². The number of rotatable bonds is 3. The summed E-state index contributed by atoms with van der Waals surface area (Å²) in [5.74, 6) is -13.3. The maximum Gasteiger partial charge on any atom is 0.325 e. The van der Waals surface area contributed by atoms with Crippen LogP contribution in [0.15, 0.2) is 23.3 Å². The topological polar surface area (TPSA) is 236 Å². The van der Waals surface area contributed by atoms with E-state index in [9.17, 15) is 60.7 Å². The van der Waals surface area contributed by atoms with E-state index in [-0.39, 0.29) is 5.56 Å². The summed E-state index contributed by atoms with van der Waals surface area (Å²) in [5, 5.41) is 106. The Bertz CT molecular complexity index is 1130. The van der Waals surface area contributed by atoms with Crippen LogP contribution < -0.4 is 0 Å². The Morgan fingerprint density at radius 3 is 1.91 bits per heavy atom. The van der Waals surface area contributed by atoms with E-state index in [4.69, 9.17) is 0 Å². The lowest BCUT2D eigenvalue weighted by atomic mass is 9.47. The van der Waals surface area contributed by atoms with Crippen LogP contribution in [-0.4, -0.2) is 74.7 Å². The van der Waals surface area contributed by atoms with E-state index in [1.807, 2.05) is 0 Å². The van der Waals surface area contributed by atoms with Gasteiger partial charge in [-0.3, -0.25) is 9.59 Å². The van der Waals surface area contributed by atoms with Crippen molar-refractivity contribution in [1.82, 2.24) is 0 Å². The molecule has 0 radical (unpaired) electrons. The molecule has 0 amide bonds. The molecule has 12 heteroatoms. The van der Waals surface area contributed by atoms with E-state index < -0.39 is 86.1 Å². The SMILES string of the molecule is CC(C)c1cc2c(c(O)c1O)[C@@]1(C(=O)O)C(O)=C(O)C(O)C(C)(C(=O)O)C1(O)C(O)=C2O. The van der Waals surface area contributed by atoms with Gasteiger partial charge in [-0.15, -0.1) is 0 Å². The fraction of sp³-hybridized carbons (Fsp3) is 0.400. The molecule has 2 aliphatic carbocycles. The zero-order chi connectivity index (χ0) is 24.7. The minimum Gasteiger partial charge on any atom is -0.507 e. The minimum atomic E-state index is -3.77. The van der Waals surface area contributed by atoms with Crippen LogP contribution in [0.1, 0.15) is 43.4 Å². The summed E-state index contributed by atoms with van der Waals surface area (Å²) in [4.78, 5) is 24.8. The Morgan fingerprint density at radius 2 is 1.47 bits per heavy atom. The number of aromatic hydroxyl groups is 2. The van der Waals surface area contributed by atoms with Crippen LogP contribution in [-0.2, 0) is 15.0 Å². The van der Waals surface area contributed by atoms with Crippen molar-refractivity contribution in [3.63, 3.8) is 0 Å². The molecule has 0 aliphatic heterocycles. The second-order valence-corrected chi connectivity index (χ2v) is 8.35. The van der Waals surface area contributed by atoms with E-state index in [0.717, 1.165) is 6.07 Å². The summed E-state index contributed by atoms with van der Waals surface area (Å²) in [6, 6.07) is 0.971. The Labute approximate surface area is 179 Å². The fourth-order valence-electron chi connectivity index (χ4n) is 4.70. The van der Waals surface area contributed by atoms with Crippen molar-refractivity contribution in [2.75, 3.05) is 0 Å². The van der Waals surface area contributed by atoms with Gasteiger partial charge in [0.1, 0.15) is 11.5 Å². The maximum absolute atomic E-state index is 12.6. The monoisotopic (exact) mass is 454 g/mol. The van der Waals surface area contributed by atoms with Gasteiger partial charge in [-0.05, 0) is 18.9 Å². The number of phenols is 2. The number of hydrogen-bond donors (Lipinski definition) is 10. The maximum atomic E-state index is 12.6. The first-order valence-corrected chi connectivity index (χ1v) is 9.28.